The van der Waals surface area contributed by atoms with E-state index in [2.05, 4.69) is 16.5 Å². The molecule has 1 amide bonds. The molecule has 2 aromatic rings. The van der Waals surface area contributed by atoms with Crippen molar-refractivity contribution in [1.29, 1.82) is 0 Å². The lowest BCUT2D eigenvalue weighted by Gasteiger charge is -2.30. The van der Waals surface area contributed by atoms with Gasteiger partial charge in [-0.1, -0.05) is 6.92 Å². The maximum absolute atomic E-state index is 12.6. The van der Waals surface area contributed by atoms with Crippen LogP contribution >= 0.6 is 0 Å². The van der Waals surface area contributed by atoms with Gasteiger partial charge in [0.15, 0.2) is 0 Å². The molecule has 1 aliphatic heterocycles. The van der Waals surface area contributed by atoms with Crippen molar-refractivity contribution in [3.63, 3.8) is 0 Å². The zero-order chi connectivity index (χ0) is 20.5. The Hall–Kier alpha value is -1.93. The van der Waals surface area contributed by atoms with Gasteiger partial charge in [0, 0.05) is 46.6 Å². The molecule has 0 atom stereocenters. The van der Waals surface area contributed by atoms with Gasteiger partial charge in [-0.25, -0.2) is 17.7 Å². The Bertz CT molecular complexity index is 957. The fourth-order valence-electron chi connectivity index (χ4n) is 3.71. The molecule has 0 bridgehead atoms. The standard InChI is InChI=1S/C20H30N4O3S/c1-5-24-18-7-6-16(28(26,27)22(3)4)14-17(18)21-19(24)8-9-20(25)23-12-10-15(2)11-13-23/h6-7,14-15H,5,8-13H2,1-4H3. The van der Waals surface area contributed by atoms with Gasteiger partial charge in [-0.3, -0.25) is 4.79 Å². The summed E-state index contributed by atoms with van der Waals surface area (Å²) >= 11 is 0. The van der Waals surface area contributed by atoms with E-state index in [1.165, 1.54) is 18.4 Å². The first-order valence-corrected chi connectivity index (χ1v) is 11.4. The molecule has 0 aliphatic carbocycles. The summed E-state index contributed by atoms with van der Waals surface area (Å²) in [6.45, 7) is 6.67. The molecule has 1 aromatic heterocycles. The first-order valence-electron chi connectivity index (χ1n) is 9.93. The smallest absolute Gasteiger partial charge is 0.242 e. The Labute approximate surface area is 167 Å². The van der Waals surface area contributed by atoms with Crippen LogP contribution in [0.3, 0.4) is 0 Å². The van der Waals surface area contributed by atoms with Gasteiger partial charge in [-0.15, -0.1) is 0 Å². The molecule has 0 saturated carbocycles. The van der Waals surface area contributed by atoms with Gasteiger partial charge in [-0.2, -0.15) is 0 Å². The first kappa shape index (κ1) is 20.8. The Morgan fingerprint density at radius 3 is 2.54 bits per heavy atom. The Morgan fingerprint density at radius 2 is 1.93 bits per heavy atom. The summed E-state index contributed by atoms with van der Waals surface area (Å²) in [7, 11) is -0.467. The van der Waals surface area contributed by atoms with Crippen LogP contribution in [-0.4, -0.2) is 60.3 Å². The summed E-state index contributed by atoms with van der Waals surface area (Å²) in [5.74, 6) is 1.70. The fourth-order valence-corrected chi connectivity index (χ4v) is 4.63. The van der Waals surface area contributed by atoms with E-state index in [4.69, 9.17) is 0 Å². The van der Waals surface area contributed by atoms with E-state index < -0.39 is 10.0 Å². The molecular weight excluding hydrogens is 376 g/mol. The number of carbonyl (C=O) groups excluding carboxylic acids is 1. The molecule has 0 unspecified atom stereocenters. The highest BCUT2D eigenvalue weighted by atomic mass is 32.2. The predicted octanol–water partition coefficient (Wildman–Crippen LogP) is 2.50. The number of hydrogen-bond acceptors (Lipinski definition) is 4. The number of aryl methyl sites for hydroxylation is 2. The molecular formula is C20H30N4O3S. The summed E-state index contributed by atoms with van der Waals surface area (Å²) < 4.78 is 28.0. The van der Waals surface area contributed by atoms with E-state index in [9.17, 15) is 13.2 Å². The Morgan fingerprint density at radius 1 is 1.25 bits per heavy atom. The van der Waals surface area contributed by atoms with Crippen molar-refractivity contribution < 1.29 is 13.2 Å². The number of benzene rings is 1. The van der Waals surface area contributed by atoms with Crippen LogP contribution in [-0.2, 0) is 27.8 Å². The number of aromatic nitrogens is 2. The number of carbonyl (C=O) groups is 1. The molecule has 0 radical (unpaired) electrons. The summed E-state index contributed by atoms with van der Waals surface area (Å²) in [5.41, 5.74) is 1.55. The van der Waals surface area contributed by atoms with Gasteiger partial charge in [0.25, 0.3) is 0 Å². The van der Waals surface area contributed by atoms with Crippen molar-refractivity contribution >= 4 is 27.0 Å². The fraction of sp³-hybridized carbons (Fsp3) is 0.600. The Kier molecular flexibility index (Phi) is 6.09. The minimum atomic E-state index is -3.50. The summed E-state index contributed by atoms with van der Waals surface area (Å²) in [6, 6.07) is 5.04. The van der Waals surface area contributed by atoms with Crippen molar-refractivity contribution in [2.75, 3.05) is 27.2 Å². The van der Waals surface area contributed by atoms with Gasteiger partial charge >= 0.3 is 0 Å². The van der Waals surface area contributed by atoms with Crippen molar-refractivity contribution in [2.24, 2.45) is 5.92 Å². The van der Waals surface area contributed by atoms with Crippen LogP contribution in [0.4, 0.5) is 0 Å². The number of likely N-dealkylation sites (tertiary alicyclic amines) is 1. The van der Waals surface area contributed by atoms with Crippen LogP contribution in [0, 0.1) is 5.92 Å². The van der Waals surface area contributed by atoms with Gasteiger partial charge < -0.3 is 9.47 Å². The molecule has 154 valence electrons. The predicted molar refractivity (Wildman–Crippen MR) is 110 cm³/mol. The number of piperidine rings is 1. The van der Waals surface area contributed by atoms with Crippen LogP contribution in [0.2, 0.25) is 0 Å². The molecule has 0 spiro atoms. The van der Waals surface area contributed by atoms with E-state index in [0.29, 0.717) is 24.3 Å². The molecule has 3 rings (SSSR count). The third-order valence-electron chi connectivity index (χ3n) is 5.59. The van der Waals surface area contributed by atoms with E-state index in [1.807, 2.05) is 11.8 Å². The number of imidazole rings is 1. The van der Waals surface area contributed by atoms with Crippen LogP contribution in [0.5, 0.6) is 0 Å². The maximum Gasteiger partial charge on any atom is 0.242 e. The third-order valence-corrected chi connectivity index (χ3v) is 7.40. The highest BCUT2D eigenvalue weighted by Crippen LogP contribution is 2.23. The lowest BCUT2D eigenvalue weighted by molar-refractivity contribution is -0.132. The average molecular weight is 407 g/mol. The van der Waals surface area contributed by atoms with E-state index in [0.717, 1.165) is 43.8 Å². The number of hydrogen-bond donors (Lipinski definition) is 0. The van der Waals surface area contributed by atoms with Gasteiger partial charge in [0.1, 0.15) is 5.82 Å². The number of fused-ring (bicyclic) bond motifs is 1. The molecule has 2 heterocycles. The van der Waals surface area contributed by atoms with Crippen molar-refractivity contribution in [2.45, 2.75) is 51.0 Å². The lowest BCUT2D eigenvalue weighted by Crippen LogP contribution is -2.38. The normalized spacial score (nSPS) is 16.2. The zero-order valence-electron chi connectivity index (χ0n) is 17.2. The maximum atomic E-state index is 12.6. The molecule has 8 heteroatoms. The molecule has 1 aromatic carbocycles. The van der Waals surface area contributed by atoms with Crippen molar-refractivity contribution in [1.82, 2.24) is 18.8 Å². The quantitative estimate of drug-likeness (QED) is 0.739. The van der Waals surface area contributed by atoms with Crippen molar-refractivity contribution in [3.8, 4) is 0 Å². The minimum Gasteiger partial charge on any atom is -0.343 e. The topological polar surface area (TPSA) is 75.5 Å². The van der Waals surface area contributed by atoms with Crippen LogP contribution in [0.15, 0.2) is 23.1 Å². The van der Waals surface area contributed by atoms with E-state index in [-0.39, 0.29) is 10.8 Å². The summed E-state index contributed by atoms with van der Waals surface area (Å²) in [6.07, 6.45) is 3.13. The SMILES string of the molecule is CCn1c(CCC(=O)N2CCC(C)CC2)nc2cc(S(=O)(=O)N(C)C)ccc21. The number of amides is 1. The molecule has 1 aliphatic rings. The van der Waals surface area contributed by atoms with E-state index >= 15 is 0 Å². The lowest BCUT2D eigenvalue weighted by atomic mass is 9.99. The molecule has 0 N–H and O–H groups in total. The number of sulfonamides is 1. The molecule has 1 fully saturated rings. The van der Waals surface area contributed by atoms with Crippen molar-refractivity contribution in [3.05, 3.63) is 24.0 Å². The van der Waals surface area contributed by atoms with E-state index in [1.54, 1.807) is 18.2 Å². The highest BCUT2D eigenvalue weighted by Gasteiger charge is 2.22. The third kappa shape index (κ3) is 4.07. The second-order valence-corrected chi connectivity index (χ2v) is 9.93. The minimum absolute atomic E-state index is 0.178. The van der Waals surface area contributed by atoms with Crippen LogP contribution in [0.1, 0.15) is 38.9 Å². The largest absolute Gasteiger partial charge is 0.343 e. The molecule has 1 saturated heterocycles. The molecule has 28 heavy (non-hydrogen) atoms. The first-order chi connectivity index (χ1) is 13.2. The van der Waals surface area contributed by atoms with Crippen LogP contribution in [0.25, 0.3) is 11.0 Å². The van der Waals surface area contributed by atoms with Gasteiger partial charge in [0.05, 0.1) is 15.9 Å². The number of rotatable bonds is 6. The van der Waals surface area contributed by atoms with Crippen LogP contribution < -0.4 is 0 Å². The second-order valence-electron chi connectivity index (χ2n) is 7.77. The molecule has 7 nitrogen and oxygen atoms in total. The van der Waals surface area contributed by atoms with Gasteiger partial charge in [0.2, 0.25) is 15.9 Å². The summed E-state index contributed by atoms with van der Waals surface area (Å²) in [4.78, 5) is 19.4. The average Bonchev–Trinajstić information content (AvgIpc) is 3.03. The summed E-state index contributed by atoms with van der Waals surface area (Å²) in [5, 5.41) is 0. The second kappa shape index (κ2) is 8.21. The highest BCUT2D eigenvalue weighted by molar-refractivity contribution is 7.89. The monoisotopic (exact) mass is 406 g/mol. The van der Waals surface area contributed by atoms with Gasteiger partial charge in [-0.05, 0) is 43.9 Å². The Balaban J connectivity index is 1.80. The zero-order valence-corrected chi connectivity index (χ0v) is 18.0. The number of nitrogens with zero attached hydrogens (tertiary/aromatic N) is 4.